The standard InChI is InChI=1S/C23H28N6O3S2/c1-27-12-14-28(15-13-27)20-9-3-2-7-18(20)24-23(30)17-6-5-11-29(16-17)34(31,32)21-10-4-8-19-22(21)26-33-25-19/h2-4,7-10,17H,5-6,11-16H2,1H3,(H,24,30). The summed E-state index contributed by atoms with van der Waals surface area (Å²) in [4.78, 5) is 18.0. The zero-order valence-electron chi connectivity index (χ0n) is 19.1. The normalized spacial score (nSPS) is 20.5. The number of piperidine rings is 1. The Labute approximate surface area is 203 Å². The molecule has 2 aliphatic heterocycles. The van der Waals surface area contributed by atoms with Gasteiger partial charge in [0.1, 0.15) is 15.9 Å². The molecule has 5 rings (SSSR count). The molecule has 0 bridgehead atoms. The van der Waals surface area contributed by atoms with Crippen molar-refractivity contribution in [3.63, 3.8) is 0 Å². The Morgan fingerprint density at radius 2 is 1.82 bits per heavy atom. The number of likely N-dealkylation sites (N-methyl/N-ethyl adjacent to an activating group) is 1. The van der Waals surface area contributed by atoms with E-state index in [1.807, 2.05) is 24.3 Å². The lowest BCUT2D eigenvalue weighted by atomic mass is 9.98. The number of hydrogen-bond donors (Lipinski definition) is 1. The van der Waals surface area contributed by atoms with Crippen molar-refractivity contribution in [2.24, 2.45) is 5.92 Å². The molecule has 2 aromatic carbocycles. The monoisotopic (exact) mass is 500 g/mol. The number of carbonyl (C=O) groups is 1. The molecule has 2 fully saturated rings. The topological polar surface area (TPSA) is 98.7 Å². The van der Waals surface area contributed by atoms with E-state index in [0.717, 1.165) is 49.3 Å². The average molecular weight is 501 g/mol. The summed E-state index contributed by atoms with van der Waals surface area (Å²) in [6.07, 6.45) is 1.28. The molecule has 180 valence electrons. The van der Waals surface area contributed by atoms with Crippen molar-refractivity contribution >= 4 is 50.1 Å². The highest BCUT2D eigenvalue weighted by atomic mass is 32.2. The van der Waals surface area contributed by atoms with Crippen LogP contribution in [0.5, 0.6) is 0 Å². The molecule has 3 aromatic rings. The molecule has 0 aliphatic carbocycles. The fourth-order valence-electron chi connectivity index (χ4n) is 4.64. The minimum Gasteiger partial charge on any atom is -0.367 e. The Hall–Kier alpha value is -2.60. The lowest BCUT2D eigenvalue weighted by Gasteiger charge is -2.35. The first-order valence-corrected chi connectivity index (χ1v) is 13.7. The van der Waals surface area contributed by atoms with Gasteiger partial charge in [-0.1, -0.05) is 18.2 Å². The van der Waals surface area contributed by atoms with E-state index in [2.05, 4.69) is 30.9 Å². The third kappa shape index (κ3) is 4.52. The number of para-hydroxylation sites is 2. The fourth-order valence-corrected chi connectivity index (χ4v) is 6.92. The van der Waals surface area contributed by atoms with Gasteiger partial charge in [-0.15, -0.1) is 0 Å². The number of nitrogens with zero attached hydrogens (tertiary/aromatic N) is 5. The molecule has 2 aliphatic rings. The number of amides is 1. The molecule has 0 radical (unpaired) electrons. The van der Waals surface area contributed by atoms with Gasteiger partial charge < -0.3 is 15.1 Å². The molecule has 9 nitrogen and oxygen atoms in total. The summed E-state index contributed by atoms with van der Waals surface area (Å²) in [5.74, 6) is -0.563. The SMILES string of the molecule is CN1CCN(c2ccccc2NC(=O)C2CCCN(S(=O)(=O)c3cccc4nsnc34)C2)CC1. The highest BCUT2D eigenvalue weighted by Crippen LogP contribution is 2.30. The summed E-state index contributed by atoms with van der Waals surface area (Å²) in [7, 11) is -1.67. The van der Waals surface area contributed by atoms with Crippen molar-refractivity contribution < 1.29 is 13.2 Å². The number of nitrogens with one attached hydrogen (secondary N) is 1. The maximum atomic E-state index is 13.4. The number of hydrogen-bond acceptors (Lipinski definition) is 8. The second-order valence-corrected chi connectivity index (χ2v) is 11.3. The molecule has 1 amide bonds. The lowest BCUT2D eigenvalue weighted by molar-refractivity contribution is -0.120. The summed E-state index contributed by atoms with van der Waals surface area (Å²) in [6.45, 7) is 4.28. The van der Waals surface area contributed by atoms with Gasteiger partial charge in [-0.25, -0.2) is 8.42 Å². The van der Waals surface area contributed by atoms with Crippen molar-refractivity contribution in [3.05, 3.63) is 42.5 Å². The van der Waals surface area contributed by atoms with E-state index in [4.69, 9.17) is 0 Å². The second-order valence-electron chi connectivity index (χ2n) is 8.89. The minimum atomic E-state index is -3.78. The zero-order chi connectivity index (χ0) is 23.7. The largest absolute Gasteiger partial charge is 0.367 e. The number of piperazine rings is 1. The van der Waals surface area contributed by atoms with Crippen LogP contribution in [-0.2, 0) is 14.8 Å². The fraction of sp³-hybridized carbons (Fsp3) is 0.435. The number of sulfonamides is 1. The third-order valence-electron chi connectivity index (χ3n) is 6.63. The Morgan fingerprint density at radius 3 is 2.65 bits per heavy atom. The summed E-state index contributed by atoms with van der Waals surface area (Å²) in [6, 6.07) is 12.8. The molecular formula is C23H28N6O3S2. The van der Waals surface area contributed by atoms with Crippen LogP contribution in [0.3, 0.4) is 0 Å². The number of anilines is 2. The number of fused-ring (bicyclic) bond motifs is 1. The maximum absolute atomic E-state index is 13.4. The molecule has 34 heavy (non-hydrogen) atoms. The van der Waals surface area contributed by atoms with Crippen LogP contribution in [0.15, 0.2) is 47.4 Å². The molecule has 1 N–H and O–H groups in total. The van der Waals surface area contributed by atoms with Gasteiger partial charge in [0, 0.05) is 39.3 Å². The summed E-state index contributed by atoms with van der Waals surface area (Å²) < 4.78 is 36.6. The van der Waals surface area contributed by atoms with Crippen LogP contribution in [0.25, 0.3) is 11.0 Å². The van der Waals surface area contributed by atoms with Crippen LogP contribution in [0.2, 0.25) is 0 Å². The van der Waals surface area contributed by atoms with Gasteiger partial charge >= 0.3 is 0 Å². The molecule has 11 heteroatoms. The van der Waals surface area contributed by atoms with Crippen LogP contribution < -0.4 is 10.2 Å². The lowest BCUT2D eigenvalue weighted by Crippen LogP contribution is -2.45. The average Bonchev–Trinajstić information content (AvgIpc) is 3.34. The van der Waals surface area contributed by atoms with Crippen LogP contribution in [0.1, 0.15) is 12.8 Å². The van der Waals surface area contributed by atoms with Gasteiger partial charge in [0.05, 0.1) is 29.0 Å². The van der Waals surface area contributed by atoms with Crippen LogP contribution in [0.4, 0.5) is 11.4 Å². The molecule has 1 unspecified atom stereocenters. The number of carbonyl (C=O) groups excluding carboxylic acids is 1. The molecule has 0 saturated carbocycles. The molecule has 1 aromatic heterocycles. The highest BCUT2D eigenvalue weighted by Gasteiger charge is 2.35. The summed E-state index contributed by atoms with van der Waals surface area (Å²) >= 11 is 0.996. The van der Waals surface area contributed by atoms with E-state index < -0.39 is 15.9 Å². The molecular weight excluding hydrogens is 472 g/mol. The maximum Gasteiger partial charge on any atom is 0.245 e. The first-order chi connectivity index (χ1) is 16.4. The Balaban J connectivity index is 1.32. The zero-order valence-corrected chi connectivity index (χ0v) is 20.7. The number of benzene rings is 2. The molecule has 0 spiro atoms. The number of rotatable bonds is 5. The van der Waals surface area contributed by atoms with Crippen molar-refractivity contribution in [2.45, 2.75) is 17.7 Å². The van der Waals surface area contributed by atoms with Gasteiger partial charge in [-0.05, 0) is 44.2 Å². The van der Waals surface area contributed by atoms with E-state index in [1.54, 1.807) is 18.2 Å². The van der Waals surface area contributed by atoms with Crippen molar-refractivity contribution in [1.82, 2.24) is 18.0 Å². The first-order valence-electron chi connectivity index (χ1n) is 11.5. The van der Waals surface area contributed by atoms with Crippen LogP contribution in [-0.4, -0.2) is 78.6 Å². The smallest absolute Gasteiger partial charge is 0.245 e. The van der Waals surface area contributed by atoms with Crippen molar-refractivity contribution in [1.29, 1.82) is 0 Å². The number of aromatic nitrogens is 2. The van der Waals surface area contributed by atoms with Gasteiger partial charge in [-0.2, -0.15) is 13.1 Å². The second kappa shape index (κ2) is 9.57. The quantitative estimate of drug-likeness (QED) is 0.575. The van der Waals surface area contributed by atoms with Crippen molar-refractivity contribution in [2.75, 3.05) is 56.5 Å². The van der Waals surface area contributed by atoms with E-state index in [0.29, 0.717) is 30.4 Å². The van der Waals surface area contributed by atoms with Gasteiger partial charge in [0.25, 0.3) is 0 Å². The summed E-state index contributed by atoms with van der Waals surface area (Å²) in [5.41, 5.74) is 2.74. The van der Waals surface area contributed by atoms with E-state index >= 15 is 0 Å². The predicted octanol–water partition coefficient (Wildman–Crippen LogP) is 2.48. The van der Waals surface area contributed by atoms with E-state index in [-0.39, 0.29) is 17.3 Å². The Morgan fingerprint density at radius 1 is 1.03 bits per heavy atom. The molecule has 1 atom stereocenters. The van der Waals surface area contributed by atoms with E-state index in [1.165, 1.54) is 4.31 Å². The Kier molecular flexibility index (Phi) is 6.52. The first kappa shape index (κ1) is 23.2. The highest BCUT2D eigenvalue weighted by molar-refractivity contribution is 7.89. The molecule has 2 saturated heterocycles. The minimum absolute atomic E-state index is 0.144. The van der Waals surface area contributed by atoms with Crippen LogP contribution >= 0.6 is 11.7 Å². The van der Waals surface area contributed by atoms with Gasteiger partial charge in [-0.3, -0.25) is 4.79 Å². The van der Waals surface area contributed by atoms with E-state index in [9.17, 15) is 13.2 Å². The van der Waals surface area contributed by atoms with Crippen molar-refractivity contribution in [3.8, 4) is 0 Å². The van der Waals surface area contributed by atoms with Gasteiger partial charge in [0.2, 0.25) is 15.9 Å². The Bertz CT molecular complexity index is 1290. The third-order valence-corrected chi connectivity index (χ3v) is 9.07. The molecule has 3 heterocycles. The summed E-state index contributed by atoms with van der Waals surface area (Å²) in [5, 5.41) is 3.09. The van der Waals surface area contributed by atoms with Crippen LogP contribution in [0, 0.1) is 5.92 Å². The predicted molar refractivity (Wildman–Crippen MR) is 134 cm³/mol. The van der Waals surface area contributed by atoms with Gasteiger partial charge in [0.15, 0.2) is 0 Å².